The fourth-order valence-electron chi connectivity index (χ4n) is 1.69. The van der Waals surface area contributed by atoms with E-state index in [0.29, 0.717) is 19.4 Å². The summed E-state index contributed by atoms with van der Waals surface area (Å²) < 4.78 is 5.04. The lowest BCUT2D eigenvalue weighted by Crippen LogP contribution is -2.38. The molecule has 0 bridgehead atoms. The van der Waals surface area contributed by atoms with Gasteiger partial charge in [-0.05, 0) is 32.2 Å². The lowest BCUT2D eigenvalue weighted by Gasteiger charge is -2.31. The topological polar surface area (TPSA) is 46.5 Å². The van der Waals surface area contributed by atoms with Gasteiger partial charge >= 0.3 is 5.97 Å². The molecule has 1 unspecified atom stereocenters. The Morgan fingerprint density at radius 2 is 1.76 bits per heavy atom. The largest absolute Gasteiger partial charge is 0.466 e. The molecule has 0 spiro atoms. The number of hydrogen-bond acceptors (Lipinski definition) is 3. The first-order valence-corrected chi connectivity index (χ1v) is 10.7. The third kappa shape index (κ3) is 6.67. The molecule has 0 aromatic carbocycles. The SMILES string of the molecule is CCOC(=O)C(CCC#C[Si](C)(C)C(C)(C)C)C(C)(C)O. The van der Waals surface area contributed by atoms with Crippen LogP contribution in [0.3, 0.4) is 0 Å². The first-order chi connectivity index (χ1) is 9.33. The number of aliphatic hydroxyl groups is 1. The number of ether oxygens (including phenoxy) is 1. The lowest BCUT2D eigenvalue weighted by molar-refractivity contribution is -0.156. The van der Waals surface area contributed by atoms with Crippen molar-refractivity contribution in [3.8, 4) is 11.5 Å². The maximum Gasteiger partial charge on any atom is 0.311 e. The van der Waals surface area contributed by atoms with E-state index in [9.17, 15) is 9.90 Å². The quantitative estimate of drug-likeness (QED) is 0.477. The standard InChI is InChI=1S/C17H32O3Si/c1-9-20-15(18)14(17(5,6)19)12-10-11-13-21(7,8)16(2,3)4/h14,19H,9-10,12H2,1-8H3. The highest BCUT2D eigenvalue weighted by molar-refractivity contribution is 6.87. The van der Waals surface area contributed by atoms with Crippen molar-refractivity contribution in [1.82, 2.24) is 0 Å². The van der Waals surface area contributed by atoms with Gasteiger partial charge in [0.05, 0.1) is 18.1 Å². The Hall–Kier alpha value is -0.793. The van der Waals surface area contributed by atoms with Gasteiger partial charge in [-0.3, -0.25) is 4.79 Å². The van der Waals surface area contributed by atoms with Crippen molar-refractivity contribution in [3.05, 3.63) is 0 Å². The molecular weight excluding hydrogens is 280 g/mol. The van der Waals surface area contributed by atoms with E-state index in [1.165, 1.54) is 0 Å². The zero-order valence-corrected chi connectivity index (χ0v) is 16.0. The van der Waals surface area contributed by atoms with Crippen molar-refractivity contribution in [2.75, 3.05) is 6.61 Å². The Bertz CT molecular complexity index is 402. The van der Waals surface area contributed by atoms with Crippen LogP contribution in [0.1, 0.15) is 54.4 Å². The van der Waals surface area contributed by atoms with Crippen molar-refractivity contribution in [2.24, 2.45) is 5.92 Å². The average Bonchev–Trinajstić information content (AvgIpc) is 2.25. The van der Waals surface area contributed by atoms with Crippen LogP contribution in [0, 0.1) is 17.4 Å². The van der Waals surface area contributed by atoms with E-state index < -0.39 is 19.6 Å². The van der Waals surface area contributed by atoms with Gasteiger partial charge in [0.15, 0.2) is 0 Å². The molecule has 3 nitrogen and oxygen atoms in total. The van der Waals surface area contributed by atoms with Crippen molar-refractivity contribution in [3.63, 3.8) is 0 Å². The zero-order chi connectivity index (χ0) is 16.9. The molecule has 0 saturated carbocycles. The molecule has 0 amide bonds. The predicted molar refractivity (Wildman–Crippen MR) is 90.6 cm³/mol. The summed E-state index contributed by atoms with van der Waals surface area (Å²) in [6.45, 7) is 16.6. The number of carbonyl (C=O) groups excluding carboxylic acids is 1. The first kappa shape index (κ1) is 20.2. The molecule has 0 aliphatic carbocycles. The minimum absolute atomic E-state index is 0.233. The zero-order valence-electron chi connectivity index (χ0n) is 15.0. The smallest absolute Gasteiger partial charge is 0.311 e. The molecule has 0 aliphatic heterocycles. The Balaban J connectivity index is 4.79. The summed E-state index contributed by atoms with van der Waals surface area (Å²) in [5.41, 5.74) is 2.35. The molecule has 0 rings (SSSR count). The molecule has 21 heavy (non-hydrogen) atoms. The van der Waals surface area contributed by atoms with Gasteiger partial charge in [0, 0.05) is 6.42 Å². The van der Waals surface area contributed by atoms with Crippen LogP contribution in [0.25, 0.3) is 0 Å². The van der Waals surface area contributed by atoms with Gasteiger partial charge in [0.25, 0.3) is 0 Å². The summed E-state index contributed by atoms with van der Waals surface area (Å²) in [7, 11) is -1.60. The lowest BCUT2D eigenvalue weighted by atomic mass is 9.87. The van der Waals surface area contributed by atoms with Crippen LogP contribution in [0.5, 0.6) is 0 Å². The molecular formula is C17H32O3Si. The Morgan fingerprint density at radius 3 is 2.14 bits per heavy atom. The maximum atomic E-state index is 11.9. The van der Waals surface area contributed by atoms with Gasteiger partial charge in [-0.15, -0.1) is 11.5 Å². The van der Waals surface area contributed by atoms with Crippen LogP contribution in [-0.4, -0.2) is 31.4 Å². The molecule has 1 N–H and O–H groups in total. The second kappa shape index (κ2) is 7.46. The van der Waals surface area contributed by atoms with Crippen LogP contribution in [0.2, 0.25) is 18.1 Å². The van der Waals surface area contributed by atoms with Crippen LogP contribution >= 0.6 is 0 Å². The normalized spacial score (nSPS) is 14.1. The van der Waals surface area contributed by atoms with Crippen LogP contribution in [-0.2, 0) is 9.53 Å². The van der Waals surface area contributed by atoms with E-state index in [1.54, 1.807) is 20.8 Å². The molecule has 0 saturated heterocycles. The molecule has 0 heterocycles. The number of carbonyl (C=O) groups is 1. The predicted octanol–water partition coefficient (Wildman–Crippen LogP) is 3.77. The van der Waals surface area contributed by atoms with Crippen molar-refractivity contribution in [2.45, 2.75) is 78.1 Å². The fraction of sp³-hybridized carbons (Fsp3) is 0.824. The summed E-state index contributed by atoms with van der Waals surface area (Å²) >= 11 is 0. The van der Waals surface area contributed by atoms with E-state index in [4.69, 9.17) is 4.74 Å². The van der Waals surface area contributed by atoms with E-state index in [1.807, 2.05) is 0 Å². The minimum Gasteiger partial charge on any atom is -0.466 e. The maximum absolute atomic E-state index is 11.9. The van der Waals surface area contributed by atoms with Crippen molar-refractivity contribution >= 4 is 14.0 Å². The minimum atomic E-state index is -1.60. The van der Waals surface area contributed by atoms with Crippen LogP contribution in [0.15, 0.2) is 0 Å². The second-order valence-corrected chi connectivity index (χ2v) is 12.7. The van der Waals surface area contributed by atoms with Crippen LogP contribution in [0.4, 0.5) is 0 Å². The molecule has 0 aliphatic rings. The Morgan fingerprint density at radius 1 is 1.24 bits per heavy atom. The highest BCUT2D eigenvalue weighted by atomic mass is 28.3. The Labute approximate surface area is 131 Å². The molecule has 0 fully saturated rings. The summed E-state index contributed by atoms with van der Waals surface area (Å²) in [4.78, 5) is 11.9. The van der Waals surface area contributed by atoms with Gasteiger partial charge < -0.3 is 9.84 Å². The average molecular weight is 313 g/mol. The molecule has 122 valence electrons. The van der Waals surface area contributed by atoms with Gasteiger partial charge in [0.2, 0.25) is 0 Å². The molecule has 0 radical (unpaired) electrons. The highest BCUT2D eigenvalue weighted by Crippen LogP contribution is 2.35. The monoisotopic (exact) mass is 312 g/mol. The number of rotatable bonds is 5. The third-order valence-corrected chi connectivity index (χ3v) is 8.81. The number of esters is 1. The molecule has 1 atom stereocenters. The third-order valence-electron chi connectivity index (χ3n) is 4.26. The number of hydrogen-bond donors (Lipinski definition) is 1. The van der Waals surface area contributed by atoms with E-state index in [2.05, 4.69) is 45.3 Å². The van der Waals surface area contributed by atoms with Crippen molar-refractivity contribution in [1.29, 1.82) is 0 Å². The highest BCUT2D eigenvalue weighted by Gasteiger charge is 2.35. The summed E-state index contributed by atoms with van der Waals surface area (Å²) in [6.07, 6.45) is 1.14. The van der Waals surface area contributed by atoms with E-state index >= 15 is 0 Å². The molecule has 0 aromatic rings. The Kier molecular flexibility index (Phi) is 7.18. The fourth-order valence-corrected chi connectivity index (χ4v) is 2.63. The summed E-state index contributed by atoms with van der Waals surface area (Å²) in [6, 6.07) is 0. The van der Waals surface area contributed by atoms with Gasteiger partial charge in [-0.25, -0.2) is 0 Å². The van der Waals surface area contributed by atoms with Crippen LogP contribution < -0.4 is 0 Å². The molecule has 0 aromatic heterocycles. The van der Waals surface area contributed by atoms with E-state index in [0.717, 1.165) is 0 Å². The van der Waals surface area contributed by atoms with Gasteiger partial charge in [0.1, 0.15) is 8.07 Å². The van der Waals surface area contributed by atoms with Crippen molar-refractivity contribution < 1.29 is 14.6 Å². The second-order valence-electron chi connectivity index (χ2n) is 7.67. The van der Waals surface area contributed by atoms with Gasteiger partial charge in [-0.1, -0.05) is 33.9 Å². The van der Waals surface area contributed by atoms with E-state index in [-0.39, 0.29) is 11.0 Å². The first-order valence-electron chi connectivity index (χ1n) is 7.72. The summed E-state index contributed by atoms with van der Waals surface area (Å²) in [5.74, 6) is 2.37. The molecule has 4 heteroatoms. The summed E-state index contributed by atoms with van der Waals surface area (Å²) in [5, 5.41) is 10.4. The van der Waals surface area contributed by atoms with Gasteiger partial charge in [-0.2, -0.15) is 0 Å².